The van der Waals surface area contributed by atoms with E-state index >= 15 is 0 Å². The number of hydrogen-bond donors (Lipinski definition) is 0. The molecule has 0 amide bonds. The molecule has 1 nitrogen and oxygen atoms in total. The molecule has 0 bridgehead atoms. The molecule has 0 aliphatic rings. The molecule has 56 valence electrons. The molecule has 0 radical (unpaired) electrons. The first-order chi connectivity index (χ1) is 3.00. The minimum Gasteiger partial charge on any atom is -0.545 e. The van der Waals surface area contributed by atoms with Crippen LogP contribution in [-0.2, 0) is 4.79 Å². The zero-order valence-corrected chi connectivity index (χ0v) is 14.6. The molecule has 0 saturated carbocycles. The van der Waals surface area contributed by atoms with Crippen molar-refractivity contribution in [2.75, 3.05) is 0 Å². The van der Waals surface area contributed by atoms with Gasteiger partial charge in [-0.05, 0) is 0 Å². The molecule has 0 N–H and O–H groups in total. The van der Waals surface area contributed by atoms with Crippen molar-refractivity contribution in [2.24, 2.45) is 0 Å². The number of rotatable bonds is 0. The molecule has 10 heavy (non-hydrogen) atoms. The second-order valence-corrected chi connectivity index (χ2v) is 0. The molecule has 0 heterocycles. The SMILES string of the molecule is [CH-]=O.[CH2-]C.[CH2-]C.[CH3-].[CH3-].[K+].[K+]. The molecule has 0 aromatic rings. The van der Waals surface area contributed by atoms with Crippen LogP contribution in [0.2, 0.25) is 0 Å². The van der Waals surface area contributed by atoms with Gasteiger partial charge in [-0.15, -0.1) is 0 Å². The van der Waals surface area contributed by atoms with Crippen molar-refractivity contribution in [3.63, 3.8) is 0 Å². The summed E-state index contributed by atoms with van der Waals surface area (Å²) in [6, 6.07) is 0. The summed E-state index contributed by atoms with van der Waals surface area (Å²) in [5.74, 6) is 0. The van der Waals surface area contributed by atoms with Crippen LogP contribution in [-0.4, -0.2) is 6.79 Å². The summed E-state index contributed by atoms with van der Waals surface area (Å²) in [6.45, 7) is 13.2. The van der Waals surface area contributed by atoms with E-state index in [2.05, 4.69) is 20.6 Å². The Balaban J connectivity index is -0.00000000225. The maximum Gasteiger partial charge on any atom is 1.00 e. The van der Waals surface area contributed by atoms with Gasteiger partial charge in [-0.25, -0.2) is 0 Å². The van der Waals surface area contributed by atoms with Gasteiger partial charge in [0.15, 0.2) is 0 Å². The summed E-state index contributed by atoms with van der Waals surface area (Å²) < 4.78 is 0. The van der Waals surface area contributed by atoms with Crippen LogP contribution in [0.1, 0.15) is 13.8 Å². The first-order valence-corrected chi connectivity index (χ1v) is 1.65. The number of hydrogen-bond acceptors (Lipinski definition) is 1. The van der Waals surface area contributed by atoms with E-state index in [1.807, 2.05) is 0 Å². The summed E-state index contributed by atoms with van der Waals surface area (Å²) in [7, 11) is 0. The van der Waals surface area contributed by atoms with E-state index < -0.39 is 0 Å². The molecule has 0 spiro atoms. The van der Waals surface area contributed by atoms with E-state index in [4.69, 9.17) is 4.79 Å². The maximum absolute atomic E-state index is 7.75. The zero-order valence-electron chi connectivity index (χ0n) is 8.40. The summed E-state index contributed by atoms with van der Waals surface area (Å²) in [5.41, 5.74) is 0. The van der Waals surface area contributed by atoms with E-state index in [1.165, 1.54) is 0 Å². The average molecular weight is 195 g/mol. The predicted octanol–water partition coefficient (Wildman–Crippen LogP) is -3.68. The monoisotopic (exact) mass is 195 g/mol. The van der Waals surface area contributed by atoms with Crippen molar-refractivity contribution < 1.29 is 108 Å². The quantitative estimate of drug-likeness (QED) is 0.221. The molecule has 0 aliphatic carbocycles. The fraction of sp³-hybridized carbons (Fsp3) is 0.286. The number of carbonyl (C=O) groups excluding carboxylic acids is 1. The second kappa shape index (κ2) is 165. The van der Waals surface area contributed by atoms with E-state index in [0.717, 1.165) is 0 Å². The molecule has 0 atom stereocenters. The molecule has 0 aliphatic heterocycles. The van der Waals surface area contributed by atoms with Crippen molar-refractivity contribution in [1.29, 1.82) is 0 Å². The third-order valence-corrected chi connectivity index (χ3v) is 0. The van der Waals surface area contributed by atoms with E-state index in [1.54, 1.807) is 13.8 Å². The van der Waals surface area contributed by atoms with Crippen LogP contribution in [0.25, 0.3) is 0 Å². The standard InChI is InChI=1S/2C2H5.CHO.2CH3.2K/c3*1-2;;;;/h2*1H2,2H3;1H;2*1H3;;/q5*-1;2*+1. The minimum atomic E-state index is 0. The van der Waals surface area contributed by atoms with Gasteiger partial charge in [0.25, 0.3) is 0 Å². The molecule has 0 aromatic carbocycles. The molecule has 0 unspecified atom stereocenters. The Morgan fingerprint density at radius 2 is 0.800 bits per heavy atom. The molecular weight excluding hydrogens is 178 g/mol. The van der Waals surface area contributed by atoms with Crippen molar-refractivity contribution in [2.45, 2.75) is 13.8 Å². The summed E-state index contributed by atoms with van der Waals surface area (Å²) in [6.07, 6.45) is 0. The second-order valence-electron chi connectivity index (χ2n) is 0. The smallest absolute Gasteiger partial charge is 0.545 e. The van der Waals surface area contributed by atoms with E-state index in [9.17, 15) is 0 Å². The van der Waals surface area contributed by atoms with Gasteiger partial charge in [0.1, 0.15) is 0 Å². The van der Waals surface area contributed by atoms with Crippen LogP contribution in [0.5, 0.6) is 0 Å². The maximum atomic E-state index is 7.75. The van der Waals surface area contributed by atoms with Gasteiger partial charge < -0.3 is 33.5 Å². The topological polar surface area (TPSA) is 17.1 Å². The predicted molar refractivity (Wildman–Crippen MR) is 41.6 cm³/mol. The fourth-order valence-corrected chi connectivity index (χ4v) is 0. The summed E-state index contributed by atoms with van der Waals surface area (Å²) in [5, 5.41) is 0. The van der Waals surface area contributed by atoms with Crippen LogP contribution in [0.3, 0.4) is 0 Å². The Bertz CT molecular complexity index is 11.6. The van der Waals surface area contributed by atoms with Gasteiger partial charge in [0, 0.05) is 0 Å². The van der Waals surface area contributed by atoms with Crippen LogP contribution in [0.4, 0.5) is 0 Å². The van der Waals surface area contributed by atoms with Crippen molar-refractivity contribution >= 4 is 6.79 Å². The van der Waals surface area contributed by atoms with E-state index in [0.29, 0.717) is 0 Å². The van der Waals surface area contributed by atoms with Gasteiger partial charge in [-0.2, -0.15) is 13.8 Å². The Hall–Kier alpha value is 2.94. The Morgan fingerprint density at radius 3 is 0.800 bits per heavy atom. The first kappa shape index (κ1) is 52.3. The molecule has 0 aromatic heterocycles. The Morgan fingerprint density at radius 1 is 0.800 bits per heavy atom. The van der Waals surface area contributed by atoms with Crippen LogP contribution >= 0.6 is 0 Å². The summed E-state index contributed by atoms with van der Waals surface area (Å²) >= 11 is 0. The van der Waals surface area contributed by atoms with Gasteiger partial charge in [0.2, 0.25) is 0 Å². The average Bonchev–Trinajstić information content (AvgIpc) is 1.81. The fourth-order valence-electron chi connectivity index (χ4n) is 0. The Labute approximate surface area is 153 Å². The van der Waals surface area contributed by atoms with Gasteiger partial charge >= 0.3 is 103 Å². The van der Waals surface area contributed by atoms with Gasteiger partial charge in [-0.1, -0.05) is 0 Å². The molecule has 0 rings (SSSR count). The Kier molecular flexibility index (Phi) is 863. The summed E-state index contributed by atoms with van der Waals surface area (Å²) in [4.78, 5) is 7.75. The van der Waals surface area contributed by atoms with Crippen LogP contribution in [0, 0.1) is 28.7 Å². The van der Waals surface area contributed by atoms with Crippen molar-refractivity contribution in [3.05, 3.63) is 28.7 Å². The van der Waals surface area contributed by atoms with Crippen molar-refractivity contribution in [1.82, 2.24) is 0 Å². The molecular formula is C7H17K2O-3. The van der Waals surface area contributed by atoms with Crippen LogP contribution < -0.4 is 103 Å². The van der Waals surface area contributed by atoms with Crippen LogP contribution in [0.15, 0.2) is 0 Å². The van der Waals surface area contributed by atoms with Crippen molar-refractivity contribution in [3.8, 4) is 0 Å². The third-order valence-electron chi connectivity index (χ3n) is 0. The minimum absolute atomic E-state index is 0. The molecule has 3 heteroatoms. The van der Waals surface area contributed by atoms with Gasteiger partial charge in [-0.3, -0.25) is 6.79 Å². The normalized spacial score (nSPS) is 1.60. The third kappa shape index (κ3) is 125. The first-order valence-electron chi connectivity index (χ1n) is 1.65. The van der Waals surface area contributed by atoms with E-state index in [-0.39, 0.29) is 118 Å². The molecule has 0 saturated heterocycles. The zero-order chi connectivity index (χ0) is 6.00. The molecule has 0 fully saturated rings. The largest absolute Gasteiger partial charge is 1.00 e. The van der Waals surface area contributed by atoms with Gasteiger partial charge in [0.05, 0.1) is 0 Å².